The average molecular weight is 503 g/mol. The number of ether oxygens (including phenoxy) is 1. The number of hydrogen-bond donors (Lipinski definition) is 0. The fourth-order valence-electron chi connectivity index (χ4n) is 3.99. The molecule has 0 atom stereocenters. The first-order valence-corrected chi connectivity index (χ1v) is 11.8. The first-order valence-electron chi connectivity index (χ1n) is 11.8. The summed E-state index contributed by atoms with van der Waals surface area (Å²) in [7, 11) is 0. The Morgan fingerprint density at radius 1 is 1.08 bits per heavy atom. The van der Waals surface area contributed by atoms with Crippen LogP contribution in [0.25, 0.3) is 6.08 Å². The predicted molar refractivity (Wildman–Crippen MR) is 128 cm³/mol. The molecule has 0 unspecified atom stereocenters. The van der Waals surface area contributed by atoms with E-state index in [1.165, 1.54) is 18.2 Å². The standard InChI is InChI=1S/C27H29F3N2O4/c1-2-36-26(35)12-11-20-6-3-8-22(16-20)19-32-25(34)10-5-14-31(32)15-13-24(33)18-21-7-4-9-23(17-21)27(28,29)30/h3-4,6-9,11-12,16-17H,2,5,10,13-15,18-19H2,1H3. The summed E-state index contributed by atoms with van der Waals surface area (Å²) in [6.45, 7) is 3.23. The van der Waals surface area contributed by atoms with Gasteiger partial charge in [-0.3, -0.25) is 14.6 Å². The SMILES string of the molecule is CCOC(=O)C=Cc1cccc(CN2C(=O)CCCN2CCC(=O)Cc2cccc(C(F)(F)F)c2)c1. The van der Waals surface area contributed by atoms with E-state index in [9.17, 15) is 27.6 Å². The van der Waals surface area contributed by atoms with Crippen molar-refractivity contribution in [2.75, 3.05) is 19.7 Å². The second-order valence-corrected chi connectivity index (χ2v) is 8.50. The van der Waals surface area contributed by atoms with Crippen molar-refractivity contribution in [2.45, 2.75) is 45.3 Å². The number of esters is 1. The van der Waals surface area contributed by atoms with Crippen LogP contribution in [0.5, 0.6) is 0 Å². The molecule has 1 fully saturated rings. The van der Waals surface area contributed by atoms with E-state index in [0.29, 0.717) is 44.6 Å². The first kappa shape index (κ1) is 27.1. The van der Waals surface area contributed by atoms with Crippen molar-refractivity contribution < 1.29 is 32.3 Å². The third-order valence-electron chi connectivity index (χ3n) is 5.72. The lowest BCUT2D eigenvalue weighted by atomic mass is 10.0. The van der Waals surface area contributed by atoms with Crippen molar-refractivity contribution >= 4 is 23.7 Å². The van der Waals surface area contributed by atoms with Gasteiger partial charge < -0.3 is 4.74 Å². The normalized spacial score (nSPS) is 14.9. The molecule has 192 valence electrons. The van der Waals surface area contributed by atoms with Gasteiger partial charge in [-0.05, 0) is 48.2 Å². The van der Waals surface area contributed by atoms with Gasteiger partial charge in [0.25, 0.3) is 0 Å². The van der Waals surface area contributed by atoms with Crippen LogP contribution in [0, 0.1) is 0 Å². The minimum atomic E-state index is -4.46. The van der Waals surface area contributed by atoms with E-state index in [-0.39, 0.29) is 24.5 Å². The number of halogens is 3. The first-order chi connectivity index (χ1) is 17.2. The van der Waals surface area contributed by atoms with Crippen molar-refractivity contribution in [3.8, 4) is 0 Å². The van der Waals surface area contributed by atoms with Crippen molar-refractivity contribution in [1.82, 2.24) is 10.0 Å². The van der Waals surface area contributed by atoms with Crippen LogP contribution in [0.4, 0.5) is 13.2 Å². The van der Waals surface area contributed by atoms with Crippen molar-refractivity contribution in [2.24, 2.45) is 0 Å². The molecule has 1 amide bonds. The number of ketones is 1. The highest BCUT2D eigenvalue weighted by atomic mass is 19.4. The number of carbonyl (C=O) groups is 3. The zero-order chi connectivity index (χ0) is 26.1. The summed E-state index contributed by atoms with van der Waals surface area (Å²) in [5.41, 5.74) is 1.18. The highest BCUT2D eigenvalue weighted by molar-refractivity contribution is 5.87. The molecule has 3 rings (SSSR count). The summed E-state index contributed by atoms with van der Waals surface area (Å²) in [5.74, 6) is -0.687. The second-order valence-electron chi connectivity index (χ2n) is 8.50. The molecule has 0 aliphatic carbocycles. The Bertz CT molecular complexity index is 1110. The van der Waals surface area contributed by atoms with Gasteiger partial charge in [-0.15, -0.1) is 0 Å². The maximum absolute atomic E-state index is 12.9. The molecule has 0 radical (unpaired) electrons. The zero-order valence-corrected chi connectivity index (χ0v) is 20.1. The molecule has 36 heavy (non-hydrogen) atoms. The topological polar surface area (TPSA) is 66.9 Å². The molecule has 1 aliphatic heterocycles. The van der Waals surface area contributed by atoms with Gasteiger partial charge >= 0.3 is 12.1 Å². The van der Waals surface area contributed by atoms with E-state index < -0.39 is 17.7 Å². The Kier molecular flexibility index (Phi) is 9.41. The van der Waals surface area contributed by atoms with Gasteiger partial charge in [0.05, 0.1) is 18.7 Å². The zero-order valence-electron chi connectivity index (χ0n) is 20.1. The predicted octanol–water partition coefficient (Wildman–Crippen LogP) is 4.82. The highest BCUT2D eigenvalue weighted by Crippen LogP contribution is 2.29. The van der Waals surface area contributed by atoms with E-state index in [1.807, 2.05) is 29.3 Å². The monoisotopic (exact) mass is 502 g/mol. The molecule has 0 saturated carbocycles. The lowest BCUT2D eigenvalue weighted by Gasteiger charge is -2.38. The molecular weight excluding hydrogens is 473 g/mol. The van der Waals surface area contributed by atoms with Gasteiger partial charge in [-0.1, -0.05) is 36.4 Å². The molecule has 0 N–H and O–H groups in total. The molecule has 1 saturated heterocycles. The Labute approximate surface area is 208 Å². The summed E-state index contributed by atoms with van der Waals surface area (Å²) >= 11 is 0. The van der Waals surface area contributed by atoms with Gasteiger partial charge in [0, 0.05) is 38.4 Å². The Hall–Kier alpha value is -3.46. The van der Waals surface area contributed by atoms with Crippen LogP contribution in [-0.2, 0) is 38.3 Å². The van der Waals surface area contributed by atoms with Crippen LogP contribution >= 0.6 is 0 Å². The van der Waals surface area contributed by atoms with Gasteiger partial charge in [-0.2, -0.15) is 13.2 Å². The number of amides is 1. The third kappa shape index (κ3) is 8.05. The summed E-state index contributed by atoms with van der Waals surface area (Å²) < 4.78 is 43.7. The Balaban J connectivity index is 1.61. The summed E-state index contributed by atoms with van der Waals surface area (Å²) in [6.07, 6.45) is -0.389. The number of alkyl halides is 3. The minimum Gasteiger partial charge on any atom is -0.463 e. The van der Waals surface area contributed by atoms with Gasteiger partial charge in [0.15, 0.2) is 0 Å². The Morgan fingerprint density at radius 2 is 1.83 bits per heavy atom. The number of nitrogens with zero attached hydrogens (tertiary/aromatic N) is 2. The smallest absolute Gasteiger partial charge is 0.416 e. The van der Waals surface area contributed by atoms with Crippen LogP contribution in [-0.4, -0.2) is 47.4 Å². The number of rotatable bonds is 10. The largest absolute Gasteiger partial charge is 0.463 e. The van der Waals surface area contributed by atoms with Crippen LogP contribution in [0.3, 0.4) is 0 Å². The van der Waals surface area contributed by atoms with Gasteiger partial charge in [0.2, 0.25) is 5.91 Å². The molecule has 2 aromatic rings. The molecule has 0 aromatic heterocycles. The van der Waals surface area contributed by atoms with Crippen LogP contribution < -0.4 is 0 Å². The number of hydrazine groups is 1. The van der Waals surface area contributed by atoms with Crippen molar-refractivity contribution in [3.05, 3.63) is 76.9 Å². The van der Waals surface area contributed by atoms with Crippen molar-refractivity contribution in [3.63, 3.8) is 0 Å². The number of Topliss-reactive ketones (excluding diaryl/α,β-unsaturated/α-hetero) is 1. The van der Waals surface area contributed by atoms with Gasteiger partial charge in [-0.25, -0.2) is 9.80 Å². The third-order valence-corrected chi connectivity index (χ3v) is 5.72. The fourth-order valence-corrected chi connectivity index (χ4v) is 3.99. The van der Waals surface area contributed by atoms with E-state index in [0.717, 1.165) is 23.3 Å². The van der Waals surface area contributed by atoms with Crippen LogP contribution in [0.1, 0.15) is 48.4 Å². The van der Waals surface area contributed by atoms with Crippen LogP contribution in [0.2, 0.25) is 0 Å². The molecule has 0 bridgehead atoms. The molecule has 1 aliphatic rings. The van der Waals surface area contributed by atoms with E-state index >= 15 is 0 Å². The fraction of sp³-hybridized carbons (Fsp3) is 0.370. The second kappa shape index (κ2) is 12.5. The Morgan fingerprint density at radius 3 is 2.58 bits per heavy atom. The number of benzene rings is 2. The maximum Gasteiger partial charge on any atom is 0.416 e. The number of hydrogen-bond acceptors (Lipinski definition) is 5. The number of carbonyl (C=O) groups excluding carboxylic acids is 3. The molecule has 0 spiro atoms. The van der Waals surface area contributed by atoms with E-state index in [1.54, 1.807) is 18.0 Å². The summed E-state index contributed by atoms with van der Waals surface area (Å²) in [4.78, 5) is 36.8. The highest BCUT2D eigenvalue weighted by Gasteiger charge is 2.30. The quantitative estimate of drug-likeness (QED) is 0.344. The molecule has 6 nitrogen and oxygen atoms in total. The molecule has 2 aromatic carbocycles. The summed E-state index contributed by atoms with van der Waals surface area (Å²) in [6, 6.07) is 12.2. The lowest BCUT2D eigenvalue weighted by Crippen LogP contribution is -2.50. The molecular formula is C27H29F3N2O4. The van der Waals surface area contributed by atoms with Crippen molar-refractivity contribution in [1.29, 1.82) is 0 Å². The van der Waals surface area contributed by atoms with E-state index in [4.69, 9.17) is 4.74 Å². The lowest BCUT2D eigenvalue weighted by molar-refractivity contribution is -0.158. The average Bonchev–Trinajstić information content (AvgIpc) is 2.83. The van der Waals surface area contributed by atoms with Gasteiger partial charge in [0.1, 0.15) is 5.78 Å². The maximum atomic E-state index is 12.9. The molecule has 1 heterocycles. The minimum absolute atomic E-state index is 0.0564. The van der Waals surface area contributed by atoms with E-state index in [2.05, 4.69) is 0 Å². The molecule has 9 heteroatoms. The van der Waals surface area contributed by atoms with Crippen LogP contribution in [0.15, 0.2) is 54.6 Å². The summed E-state index contributed by atoms with van der Waals surface area (Å²) in [5, 5.41) is 3.45.